The van der Waals surface area contributed by atoms with Crippen molar-refractivity contribution < 1.29 is 4.79 Å². The molecule has 4 heteroatoms. The van der Waals surface area contributed by atoms with Crippen LogP contribution in [0.2, 0.25) is 0 Å². The molecule has 1 aromatic rings. The van der Waals surface area contributed by atoms with Crippen LogP contribution < -0.4 is 11.1 Å². The molecule has 1 aromatic heterocycles. The molecule has 0 unspecified atom stereocenters. The maximum Gasteiger partial charge on any atom is 0.271 e. The number of hydrogen-bond donors (Lipinski definition) is 2. The molecule has 1 heterocycles. The number of nitrogens with one attached hydrogen (secondary N) is 1. The summed E-state index contributed by atoms with van der Waals surface area (Å²) in [5.41, 5.74) is 7.19. The maximum absolute atomic E-state index is 11.2. The Bertz CT molecular complexity index is 323. The predicted octanol–water partition coefficient (Wildman–Crippen LogP) is 0.586. The molecule has 0 aliphatic heterocycles. The van der Waals surface area contributed by atoms with Gasteiger partial charge in [-0.2, -0.15) is 0 Å². The van der Waals surface area contributed by atoms with Crippen LogP contribution in [0.1, 0.15) is 23.1 Å². The number of carbonyl (C=O) groups is 1. The van der Waals surface area contributed by atoms with Crippen LogP contribution in [0.15, 0.2) is 12.1 Å². The minimum Gasteiger partial charge on any atom is -0.397 e. The molecule has 0 bridgehead atoms. The summed E-state index contributed by atoms with van der Waals surface area (Å²) in [6.07, 6.45) is 0.796. The maximum atomic E-state index is 11.2. The van der Waals surface area contributed by atoms with E-state index in [1.54, 1.807) is 13.1 Å². The fourth-order valence-electron chi connectivity index (χ4n) is 1.01. The summed E-state index contributed by atoms with van der Waals surface area (Å²) in [4.78, 5) is 15.4. The normalized spacial score (nSPS) is 9.69. The van der Waals surface area contributed by atoms with Crippen molar-refractivity contribution in [2.24, 2.45) is 0 Å². The summed E-state index contributed by atoms with van der Waals surface area (Å²) in [5.74, 6) is -0.243. The van der Waals surface area contributed by atoms with Crippen molar-refractivity contribution in [1.29, 1.82) is 0 Å². The first-order valence-corrected chi connectivity index (χ1v) is 4.16. The molecule has 0 atom stereocenters. The van der Waals surface area contributed by atoms with Gasteiger partial charge in [0, 0.05) is 12.7 Å². The lowest BCUT2D eigenvalue weighted by molar-refractivity contribution is 0.0959. The van der Waals surface area contributed by atoms with Gasteiger partial charge in [-0.15, -0.1) is 0 Å². The average molecular weight is 179 g/mol. The molecular weight excluding hydrogens is 166 g/mol. The van der Waals surface area contributed by atoms with Crippen LogP contribution in [-0.4, -0.2) is 17.9 Å². The minimum absolute atomic E-state index is 0.243. The topological polar surface area (TPSA) is 68.0 Å². The lowest BCUT2D eigenvalue weighted by Gasteiger charge is -2.04. The molecule has 0 saturated carbocycles. The lowest BCUT2D eigenvalue weighted by atomic mass is 10.2. The van der Waals surface area contributed by atoms with E-state index in [1.807, 2.05) is 13.0 Å². The first-order valence-electron chi connectivity index (χ1n) is 4.16. The molecule has 13 heavy (non-hydrogen) atoms. The first kappa shape index (κ1) is 9.51. The van der Waals surface area contributed by atoms with Gasteiger partial charge in [-0.3, -0.25) is 4.79 Å². The zero-order valence-corrected chi connectivity index (χ0v) is 7.79. The summed E-state index contributed by atoms with van der Waals surface area (Å²) in [5, 5.41) is 2.49. The monoisotopic (exact) mass is 179 g/mol. The fraction of sp³-hybridized carbons (Fsp3) is 0.333. The Morgan fingerprint density at radius 2 is 2.31 bits per heavy atom. The first-order chi connectivity index (χ1) is 6.19. The molecule has 0 aliphatic carbocycles. The molecule has 4 nitrogen and oxygen atoms in total. The SMILES string of the molecule is CCc1ccc(N)c(C(=O)NC)n1. The van der Waals surface area contributed by atoms with E-state index in [2.05, 4.69) is 10.3 Å². The Kier molecular flexibility index (Phi) is 2.84. The van der Waals surface area contributed by atoms with Crippen molar-refractivity contribution >= 4 is 11.6 Å². The third-order valence-corrected chi connectivity index (χ3v) is 1.79. The molecule has 3 N–H and O–H groups in total. The third-order valence-electron chi connectivity index (χ3n) is 1.79. The average Bonchev–Trinajstić information content (AvgIpc) is 2.17. The molecule has 0 saturated heterocycles. The van der Waals surface area contributed by atoms with Gasteiger partial charge in [-0.25, -0.2) is 4.98 Å². The molecule has 0 fully saturated rings. The second-order valence-electron chi connectivity index (χ2n) is 2.67. The molecule has 0 spiro atoms. The lowest BCUT2D eigenvalue weighted by Crippen LogP contribution is -2.21. The summed E-state index contributed by atoms with van der Waals surface area (Å²) < 4.78 is 0. The van der Waals surface area contributed by atoms with Gasteiger partial charge in [0.15, 0.2) is 5.69 Å². The highest BCUT2D eigenvalue weighted by Gasteiger charge is 2.09. The van der Waals surface area contributed by atoms with E-state index < -0.39 is 0 Å². The number of carbonyl (C=O) groups excluding carboxylic acids is 1. The summed E-state index contributed by atoms with van der Waals surface area (Å²) in [7, 11) is 1.56. The molecule has 0 radical (unpaired) electrons. The van der Waals surface area contributed by atoms with E-state index in [0.717, 1.165) is 12.1 Å². The number of aromatic nitrogens is 1. The Hall–Kier alpha value is -1.58. The quantitative estimate of drug-likeness (QED) is 0.698. The van der Waals surface area contributed by atoms with E-state index >= 15 is 0 Å². The number of rotatable bonds is 2. The van der Waals surface area contributed by atoms with Gasteiger partial charge >= 0.3 is 0 Å². The molecule has 0 aliphatic rings. The number of anilines is 1. The van der Waals surface area contributed by atoms with E-state index in [1.165, 1.54) is 0 Å². The van der Waals surface area contributed by atoms with Crippen LogP contribution >= 0.6 is 0 Å². The van der Waals surface area contributed by atoms with Gasteiger partial charge in [0.1, 0.15) is 0 Å². The standard InChI is InChI=1S/C9H13N3O/c1-3-6-4-5-7(10)8(12-6)9(13)11-2/h4-5H,3,10H2,1-2H3,(H,11,13). The van der Waals surface area contributed by atoms with Gasteiger partial charge in [0.25, 0.3) is 5.91 Å². The summed E-state index contributed by atoms with van der Waals surface area (Å²) >= 11 is 0. The Morgan fingerprint density at radius 1 is 1.62 bits per heavy atom. The van der Waals surface area contributed by atoms with Crippen LogP contribution in [0.25, 0.3) is 0 Å². The summed E-state index contributed by atoms with van der Waals surface area (Å²) in [6, 6.07) is 3.53. The van der Waals surface area contributed by atoms with Gasteiger partial charge in [-0.1, -0.05) is 6.92 Å². The van der Waals surface area contributed by atoms with Crippen molar-refractivity contribution in [3.63, 3.8) is 0 Å². The van der Waals surface area contributed by atoms with E-state index in [4.69, 9.17) is 5.73 Å². The summed E-state index contributed by atoms with van der Waals surface area (Å²) in [6.45, 7) is 1.98. The molecule has 1 amide bonds. The van der Waals surface area contributed by atoms with Crippen molar-refractivity contribution in [3.05, 3.63) is 23.5 Å². The van der Waals surface area contributed by atoms with Gasteiger partial charge < -0.3 is 11.1 Å². The molecule has 1 rings (SSSR count). The van der Waals surface area contributed by atoms with Crippen LogP contribution in [0.5, 0.6) is 0 Å². The van der Waals surface area contributed by atoms with Gasteiger partial charge in [-0.05, 0) is 18.6 Å². The van der Waals surface area contributed by atoms with Gasteiger partial charge in [0.2, 0.25) is 0 Å². The number of aryl methyl sites for hydroxylation is 1. The highest BCUT2D eigenvalue weighted by molar-refractivity contribution is 5.96. The van der Waals surface area contributed by atoms with E-state index in [0.29, 0.717) is 11.4 Å². The number of hydrogen-bond acceptors (Lipinski definition) is 3. The highest BCUT2D eigenvalue weighted by atomic mass is 16.1. The van der Waals surface area contributed by atoms with E-state index in [-0.39, 0.29) is 5.91 Å². The second-order valence-corrected chi connectivity index (χ2v) is 2.67. The smallest absolute Gasteiger partial charge is 0.271 e. The Balaban J connectivity index is 3.11. The van der Waals surface area contributed by atoms with E-state index in [9.17, 15) is 4.79 Å². The predicted molar refractivity (Wildman–Crippen MR) is 51.4 cm³/mol. The Labute approximate surface area is 77.2 Å². The van der Waals surface area contributed by atoms with Crippen LogP contribution in [0.4, 0.5) is 5.69 Å². The molecular formula is C9H13N3O. The number of nitrogens with zero attached hydrogens (tertiary/aromatic N) is 1. The second kappa shape index (κ2) is 3.89. The van der Waals surface area contributed by atoms with Crippen molar-refractivity contribution in [2.75, 3.05) is 12.8 Å². The number of amides is 1. The largest absolute Gasteiger partial charge is 0.397 e. The molecule has 70 valence electrons. The third kappa shape index (κ3) is 1.96. The number of nitrogens with two attached hydrogens (primary N) is 1. The van der Waals surface area contributed by atoms with Crippen molar-refractivity contribution in [3.8, 4) is 0 Å². The molecule has 0 aromatic carbocycles. The Morgan fingerprint density at radius 3 is 2.85 bits per heavy atom. The van der Waals surface area contributed by atoms with Crippen LogP contribution in [0.3, 0.4) is 0 Å². The zero-order valence-electron chi connectivity index (χ0n) is 7.79. The number of nitrogen functional groups attached to an aromatic ring is 1. The fourth-order valence-corrected chi connectivity index (χ4v) is 1.01. The van der Waals surface area contributed by atoms with Crippen molar-refractivity contribution in [2.45, 2.75) is 13.3 Å². The van der Waals surface area contributed by atoms with Crippen molar-refractivity contribution in [1.82, 2.24) is 10.3 Å². The minimum atomic E-state index is -0.243. The zero-order chi connectivity index (χ0) is 9.84. The van der Waals surface area contributed by atoms with Crippen LogP contribution in [0, 0.1) is 0 Å². The number of pyridine rings is 1. The van der Waals surface area contributed by atoms with Crippen LogP contribution in [-0.2, 0) is 6.42 Å². The van der Waals surface area contributed by atoms with Gasteiger partial charge in [0.05, 0.1) is 5.69 Å². The highest BCUT2D eigenvalue weighted by Crippen LogP contribution is 2.09.